The van der Waals surface area contributed by atoms with Crippen LogP contribution in [0.4, 0.5) is 0 Å². The second-order valence-corrected chi connectivity index (χ2v) is 5.37. The number of allylic oxidation sites excluding steroid dienone is 3. The molecule has 0 radical (unpaired) electrons. The average Bonchev–Trinajstić information content (AvgIpc) is 2.63. The maximum absolute atomic E-state index is 12.4. The van der Waals surface area contributed by atoms with Crippen LogP contribution in [0.25, 0.3) is 16.6 Å². The van der Waals surface area contributed by atoms with Gasteiger partial charge in [0, 0.05) is 29.1 Å². The first kappa shape index (κ1) is 11.4. The Morgan fingerprint density at radius 3 is 3.10 bits per heavy atom. The second kappa shape index (κ2) is 4.04. The van der Waals surface area contributed by atoms with Gasteiger partial charge in [0.1, 0.15) is 0 Å². The second-order valence-electron chi connectivity index (χ2n) is 5.37. The van der Waals surface area contributed by atoms with Crippen molar-refractivity contribution in [2.24, 2.45) is 4.99 Å². The highest BCUT2D eigenvalue weighted by molar-refractivity contribution is 6.11. The summed E-state index contributed by atoms with van der Waals surface area (Å²) < 4.78 is 0. The number of carbonyl (C=O) groups is 1. The maximum Gasteiger partial charge on any atom is 0.165 e. The van der Waals surface area contributed by atoms with E-state index < -0.39 is 0 Å². The van der Waals surface area contributed by atoms with Crippen molar-refractivity contribution in [2.75, 3.05) is 0 Å². The molecular formula is C17H14N2O. The molecule has 0 fully saturated rings. The van der Waals surface area contributed by atoms with E-state index in [9.17, 15) is 4.79 Å². The van der Waals surface area contributed by atoms with E-state index in [2.05, 4.69) is 35.1 Å². The van der Waals surface area contributed by atoms with Crippen LogP contribution in [0.3, 0.4) is 0 Å². The van der Waals surface area contributed by atoms with Crippen LogP contribution >= 0.6 is 0 Å². The van der Waals surface area contributed by atoms with Crippen molar-refractivity contribution in [3.63, 3.8) is 0 Å². The molecule has 1 aliphatic carbocycles. The minimum absolute atomic E-state index is 0.193. The standard InChI is InChI=1S/C17H14N2O/c1-10-5-6-14-12(8-10)13-9-15(20)11-4-2-3-7-18-16(11)17(13)19-14/h2-3,5-8,19H,4,9H2,1H3. The van der Waals surface area contributed by atoms with Gasteiger partial charge in [-0.3, -0.25) is 9.79 Å². The van der Waals surface area contributed by atoms with Crippen LogP contribution in [0.1, 0.15) is 23.2 Å². The fourth-order valence-electron chi connectivity index (χ4n) is 3.01. The molecule has 0 atom stereocenters. The van der Waals surface area contributed by atoms with E-state index in [0.717, 1.165) is 33.4 Å². The van der Waals surface area contributed by atoms with Crippen molar-refractivity contribution < 1.29 is 4.79 Å². The molecule has 1 aliphatic heterocycles. The smallest absolute Gasteiger partial charge is 0.165 e. The first-order chi connectivity index (χ1) is 9.74. The Hall–Kier alpha value is -2.42. The zero-order valence-corrected chi connectivity index (χ0v) is 11.2. The number of aromatic nitrogens is 1. The van der Waals surface area contributed by atoms with Gasteiger partial charge in [0.05, 0.1) is 11.4 Å². The summed E-state index contributed by atoms with van der Waals surface area (Å²) in [6.45, 7) is 2.07. The van der Waals surface area contributed by atoms with Gasteiger partial charge in [-0.2, -0.15) is 0 Å². The molecule has 98 valence electrons. The molecule has 2 heterocycles. The first-order valence-corrected chi connectivity index (χ1v) is 6.81. The number of rotatable bonds is 0. The van der Waals surface area contributed by atoms with E-state index >= 15 is 0 Å². The summed E-state index contributed by atoms with van der Waals surface area (Å²) >= 11 is 0. The van der Waals surface area contributed by atoms with Crippen molar-refractivity contribution >= 4 is 28.6 Å². The van der Waals surface area contributed by atoms with Crippen molar-refractivity contribution in [3.8, 4) is 0 Å². The van der Waals surface area contributed by atoms with Gasteiger partial charge in [0.25, 0.3) is 0 Å². The van der Waals surface area contributed by atoms with Gasteiger partial charge in [-0.25, -0.2) is 0 Å². The van der Waals surface area contributed by atoms with E-state index in [1.54, 1.807) is 6.21 Å². The van der Waals surface area contributed by atoms with E-state index in [1.807, 2.05) is 12.2 Å². The van der Waals surface area contributed by atoms with Crippen LogP contribution in [0.5, 0.6) is 0 Å². The number of nitrogens with zero attached hydrogens (tertiary/aromatic N) is 1. The highest BCUT2D eigenvalue weighted by Crippen LogP contribution is 2.36. The highest BCUT2D eigenvalue weighted by Gasteiger charge is 2.28. The molecule has 0 amide bonds. The zero-order chi connectivity index (χ0) is 13.7. The summed E-state index contributed by atoms with van der Waals surface area (Å²) in [7, 11) is 0. The van der Waals surface area contributed by atoms with Crippen LogP contribution in [0, 0.1) is 6.92 Å². The summed E-state index contributed by atoms with van der Waals surface area (Å²) in [5.74, 6) is 0.193. The van der Waals surface area contributed by atoms with Crippen LogP contribution < -0.4 is 0 Å². The number of hydrogen-bond acceptors (Lipinski definition) is 2. The van der Waals surface area contributed by atoms with Crippen molar-refractivity contribution in [3.05, 3.63) is 52.7 Å². The SMILES string of the molecule is Cc1ccc2[nH]c3c(c2c1)CC(=O)C1=C3N=CC=CC1. The number of benzene rings is 1. The number of H-pyrrole nitrogens is 1. The fraction of sp³-hybridized carbons (Fsp3) is 0.176. The number of aromatic amines is 1. The van der Waals surface area contributed by atoms with Gasteiger partial charge >= 0.3 is 0 Å². The Kier molecular flexibility index (Phi) is 2.30. The molecule has 0 saturated carbocycles. The molecule has 0 saturated heterocycles. The molecule has 1 N–H and O–H groups in total. The van der Waals surface area contributed by atoms with Crippen LogP contribution in [0.15, 0.2) is 40.9 Å². The van der Waals surface area contributed by atoms with E-state index in [1.165, 1.54) is 5.56 Å². The monoisotopic (exact) mass is 262 g/mol. The number of nitrogens with one attached hydrogen (secondary N) is 1. The minimum Gasteiger partial charge on any atom is -0.353 e. The van der Waals surface area contributed by atoms with Gasteiger partial charge in [-0.05, 0) is 37.1 Å². The quantitative estimate of drug-likeness (QED) is 0.777. The summed E-state index contributed by atoms with van der Waals surface area (Å²) in [5.41, 5.74) is 6.03. The summed E-state index contributed by atoms with van der Waals surface area (Å²) in [4.78, 5) is 20.3. The molecule has 0 unspecified atom stereocenters. The lowest BCUT2D eigenvalue weighted by molar-refractivity contribution is -0.115. The average molecular weight is 262 g/mol. The topological polar surface area (TPSA) is 45.2 Å². The summed E-state index contributed by atoms with van der Waals surface area (Å²) in [5, 5.41) is 1.15. The minimum atomic E-state index is 0.193. The number of fused-ring (bicyclic) bond motifs is 4. The molecular weight excluding hydrogens is 248 g/mol. The molecule has 1 aromatic heterocycles. The Balaban J connectivity index is 2.05. The molecule has 3 nitrogen and oxygen atoms in total. The normalized spacial score (nSPS) is 17.4. The first-order valence-electron chi connectivity index (χ1n) is 6.81. The third kappa shape index (κ3) is 1.53. The lowest BCUT2D eigenvalue weighted by Gasteiger charge is -2.15. The maximum atomic E-state index is 12.4. The Bertz CT molecular complexity index is 834. The number of Topliss-reactive ketones (excluding diaryl/α,β-unsaturated/α-hetero) is 1. The fourth-order valence-corrected chi connectivity index (χ4v) is 3.01. The summed E-state index contributed by atoms with van der Waals surface area (Å²) in [6, 6.07) is 6.30. The molecule has 0 bridgehead atoms. The number of aryl methyl sites for hydroxylation is 1. The largest absolute Gasteiger partial charge is 0.353 e. The van der Waals surface area contributed by atoms with Gasteiger partial charge in [0.15, 0.2) is 5.78 Å². The van der Waals surface area contributed by atoms with E-state index in [-0.39, 0.29) is 5.78 Å². The number of carbonyl (C=O) groups excluding carboxylic acids is 1. The van der Waals surface area contributed by atoms with Crippen LogP contribution in [0.2, 0.25) is 0 Å². The number of ketones is 1. The zero-order valence-electron chi connectivity index (χ0n) is 11.2. The summed E-state index contributed by atoms with van der Waals surface area (Å²) in [6.07, 6.45) is 6.80. The highest BCUT2D eigenvalue weighted by atomic mass is 16.1. The third-order valence-electron chi connectivity index (χ3n) is 4.01. The lowest BCUT2D eigenvalue weighted by atomic mass is 9.90. The Labute approximate surface area is 116 Å². The van der Waals surface area contributed by atoms with Gasteiger partial charge in [-0.1, -0.05) is 17.7 Å². The molecule has 20 heavy (non-hydrogen) atoms. The number of aliphatic imine (C=N–C) groups is 1. The molecule has 4 rings (SSSR count). The Morgan fingerprint density at radius 1 is 1.30 bits per heavy atom. The van der Waals surface area contributed by atoms with E-state index in [0.29, 0.717) is 12.8 Å². The van der Waals surface area contributed by atoms with Gasteiger partial charge in [0.2, 0.25) is 0 Å². The molecule has 3 heteroatoms. The lowest BCUT2D eigenvalue weighted by Crippen LogP contribution is -2.14. The molecule has 2 aromatic rings. The molecule has 1 aromatic carbocycles. The van der Waals surface area contributed by atoms with Gasteiger partial charge in [-0.15, -0.1) is 0 Å². The predicted molar refractivity (Wildman–Crippen MR) is 80.9 cm³/mol. The molecule has 2 aliphatic rings. The van der Waals surface area contributed by atoms with Gasteiger partial charge < -0.3 is 4.98 Å². The molecule has 0 spiro atoms. The Morgan fingerprint density at radius 2 is 2.20 bits per heavy atom. The number of hydrogen-bond donors (Lipinski definition) is 1. The van der Waals surface area contributed by atoms with Crippen LogP contribution in [-0.4, -0.2) is 17.0 Å². The van der Waals surface area contributed by atoms with Crippen molar-refractivity contribution in [2.45, 2.75) is 19.8 Å². The van der Waals surface area contributed by atoms with Crippen molar-refractivity contribution in [1.82, 2.24) is 4.98 Å². The predicted octanol–water partition coefficient (Wildman–Crippen LogP) is 3.34. The van der Waals surface area contributed by atoms with E-state index in [4.69, 9.17) is 0 Å². The third-order valence-corrected chi connectivity index (χ3v) is 4.01. The van der Waals surface area contributed by atoms with Crippen molar-refractivity contribution in [1.29, 1.82) is 0 Å². The van der Waals surface area contributed by atoms with Crippen LogP contribution in [-0.2, 0) is 11.2 Å².